The van der Waals surface area contributed by atoms with E-state index in [1.807, 2.05) is 24.3 Å². The highest BCUT2D eigenvalue weighted by atomic mass is 35.5. The number of rotatable bonds is 10. The molecular formula is C22H23ClO6. The fourth-order valence-corrected chi connectivity index (χ4v) is 2.62. The zero-order chi connectivity index (χ0) is 21.4. The van der Waals surface area contributed by atoms with Crippen LogP contribution in [0.2, 0.25) is 5.02 Å². The van der Waals surface area contributed by atoms with E-state index in [9.17, 15) is 9.59 Å². The van der Waals surface area contributed by atoms with Crippen LogP contribution in [0.3, 0.4) is 0 Å². The Morgan fingerprint density at radius 1 is 0.862 bits per heavy atom. The Morgan fingerprint density at radius 3 is 1.93 bits per heavy atom. The first-order valence-electron chi connectivity index (χ1n) is 8.93. The molecule has 29 heavy (non-hydrogen) atoms. The first-order chi connectivity index (χ1) is 13.8. The molecular weight excluding hydrogens is 396 g/mol. The lowest BCUT2D eigenvalue weighted by Crippen LogP contribution is -2.13. The second-order valence-electron chi connectivity index (χ2n) is 6.26. The molecule has 0 amide bonds. The Labute approximate surface area is 174 Å². The Bertz CT molecular complexity index is 934. The van der Waals surface area contributed by atoms with Gasteiger partial charge in [0.1, 0.15) is 37.9 Å². The van der Waals surface area contributed by atoms with Crippen LogP contribution < -0.4 is 9.47 Å². The van der Waals surface area contributed by atoms with Crippen molar-refractivity contribution >= 4 is 34.3 Å². The predicted molar refractivity (Wildman–Crippen MR) is 111 cm³/mol. The molecule has 2 rings (SSSR count). The number of hydrogen-bond donors (Lipinski definition) is 0. The van der Waals surface area contributed by atoms with Gasteiger partial charge in [-0.15, -0.1) is 0 Å². The Balaban J connectivity index is 2.07. The van der Waals surface area contributed by atoms with E-state index in [4.69, 9.17) is 30.5 Å². The molecule has 6 nitrogen and oxygen atoms in total. The molecule has 0 aliphatic heterocycles. The highest BCUT2D eigenvalue weighted by Crippen LogP contribution is 2.39. The van der Waals surface area contributed by atoms with E-state index in [0.29, 0.717) is 27.7 Å². The van der Waals surface area contributed by atoms with Crippen molar-refractivity contribution < 1.29 is 28.5 Å². The van der Waals surface area contributed by atoms with Gasteiger partial charge in [-0.25, -0.2) is 9.59 Å². The van der Waals surface area contributed by atoms with Gasteiger partial charge in [-0.1, -0.05) is 49.0 Å². The lowest BCUT2D eigenvalue weighted by Gasteiger charge is -2.15. The SMILES string of the molecule is C=C(C)C(=O)OCCOc1cc(Cl)c(OCCOC(=O)C(=C)C)c2ccccc12. The standard InChI is InChI=1S/C22H23ClO6/c1-14(2)21(24)28-11-9-26-19-13-18(23)20(17-8-6-5-7-16(17)19)27-10-12-29-22(25)15(3)4/h5-8,13H,1,3,9-12H2,2,4H3. The number of halogens is 1. The minimum absolute atomic E-state index is 0.0721. The van der Waals surface area contributed by atoms with Gasteiger partial charge < -0.3 is 18.9 Å². The molecule has 154 valence electrons. The smallest absolute Gasteiger partial charge is 0.333 e. The van der Waals surface area contributed by atoms with Crippen molar-refractivity contribution in [3.05, 3.63) is 59.7 Å². The third-order valence-electron chi connectivity index (χ3n) is 3.75. The van der Waals surface area contributed by atoms with Crippen LogP contribution in [0.25, 0.3) is 10.8 Å². The zero-order valence-corrected chi connectivity index (χ0v) is 17.2. The molecule has 0 saturated carbocycles. The van der Waals surface area contributed by atoms with E-state index in [1.165, 1.54) is 0 Å². The number of carbonyl (C=O) groups is 2. The van der Waals surface area contributed by atoms with Gasteiger partial charge in [0.2, 0.25) is 0 Å². The van der Waals surface area contributed by atoms with E-state index in [1.54, 1.807) is 19.9 Å². The molecule has 0 aliphatic carbocycles. The van der Waals surface area contributed by atoms with Crippen molar-refractivity contribution in [2.75, 3.05) is 26.4 Å². The minimum Gasteiger partial charge on any atom is -0.489 e. The quantitative estimate of drug-likeness (QED) is 0.321. The van der Waals surface area contributed by atoms with Crippen LogP contribution in [0.1, 0.15) is 13.8 Å². The van der Waals surface area contributed by atoms with Crippen molar-refractivity contribution in [2.24, 2.45) is 0 Å². The Kier molecular flexibility index (Phi) is 8.09. The highest BCUT2D eigenvalue weighted by molar-refractivity contribution is 6.33. The third-order valence-corrected chi connectivity index (χ3v) is 4.03. The number of fused-ring (bicyclic) bond motifs is 1. The van der Waals surface area contributed by atoms with Crippen LogP contribution in [0.4, 0.5) is 0 Å². The monoisotopic (exact) mass is 418 g/mol. The second kappa shape index (κ2) is 10.5. The number of esters is 2. The van der Waals surface area contributed by atoms with Gasteiger partial charge in [0.25, 0.3) is 0 Å². The lowest BCUT2D eigenvalue weighted by atomic mass is 10.1. The molecule has 0 N–H and O–H groups in total. The number of carbonyl (C=O) groups excluding carboxylic acids is 2. The van der Waals surface area contributed by atoms with Crippen molar-refractivity contribution in [3.63, 3.8) is 0 Å². The van der Waals surface area contributed by atoms with Crippen LogP contribution in [-0.4, -0.2) is 38.4 Å². The Hall–Kier alpha value is -2.99. The van der Waals surface area contributed by atoms with Gasteiger partial charge in [-0.05, 0) is 13.8 Å². The largest absolute Gasteiger partial charge is 0.489 e. The van der Waals surface area contributed by atoms with Gasteiger partial charge in [0.15, 0.2) is 0 Å². The molecule has 0 heterocycles. The molecule has 2 aromatic carbocycles. The molecule has 2 aromatic rings. The Morgan fingerprint density at radius 2 is 1.38 bits per heavy atom. The molecule has 0 aliphatic rings. The molecule has 0 radical (unpaired) electrons. The van der Waals surface area contributed by atoms with Crippen LogP contribution in [-0.2, 0) is 19.1 Å². The normalized spacial score (nSPS) is 10.3. The van der Waals surface area contributed by atoms with Crippen LogP contribution in [0, 0.1) is 0 Å². The third kappa shape index (κ3) is 6.26. The number of hydrogen-bond acceptors (Lipinski definition) is 6. The average Bonchev–Trinajstić information content (AvgIpc) is 2.69. The summed E-state index contributed by atoms with van der Waals surface area (Å²) in [5.41, 5.74) is 0.651. The van der Waals surface area contributed by atoms with Crippen molar-refractivity contribution in [2.45, 2.75) is 13.8 Å². The average molecular weight is 419 g/mol. The van der Waals surface area contributed by atoms with E-state index in [-0.39, 0.29) is 26.4 Å². The summed E-state index contributed by atoms with van der Waals surface area (Å²) in [6, 6.07) is 9.08. The molecule has 0 unspecified atom stereocenters. The van der Waals surface area contributed by atoms with E-state index in [0.717, 1.165) is 10.8 Å². The number of ether oxygens (including phenoxy) is 4. The fourth-order valence-electron chi connectivity index (χ4n) is 2.36. The summed E-state index contributed by atoms with van der Waals surface area (Å²) < 4.78 is 21.5. The second-order valence-corrected chi connectivity index (χ2v) is 6.67. The topological polar surface area (TPSA) is 71.1 Å². The molecule has 0 spiro atoms. The van der Waals surface area contributed by atoms with Gasteiger partial charge in [-0.3, -0.25) is 0 Å². The van der Waals surface area contributed by atoms with Crippen LogP contribution in [0.5, 0.6) is 11.5 Å². The maximum Gasteiger partial charge on any atom is 0.333 e. The molecule has 0 saturated heterocycles. The summed E-state index contributed by atoms with van der Waals surface area (Å²) in [7, 11) is 0. The van der Waals surface area contributed by atoms with E-state index in [2.05, 4.69) is 13.2 Å². The van der Waals surface area contributed by atoms with E-state index >= 15 is 0 Å². The van der Waals surface area contributed by atoms with E-state index < -0.39 is 11.9 Å². The van der Waals surface area contributed by atoms with Gasteiger partial charge in [-0.2, -0.15) is 0 Å². The molecule has 0 bridgehead atoms. The lowest BCUT2D eigenvalue weighted by molar-refractivity contribution is -0.140. The van der Waals surface area contributed by atoms with Gasteiger partial charge >= 0.3 is 11.9 Å². The van der Waals surface area contributed by atoms with Crippen LogP contribution in [0.15, 0.2) is 54.6 Å². The zero-order valence-electron chi connectivity index (χ0n) is 16.5. The molecule has 7 heteroatoms. The first-order valence-corrected chi connectivity index (χ1v) is 9.31. The van der Waals surface area contributed by atoms with Crippen molar-refractivity contribution in [1.82, 2.24) is 0 Å². The maximum atomic E-state index is 11.4. The summed E-state index contributed by atoms with van der Waals surface area (Å²) in [4.78, 5) is 22.8. The summed E-state index contributed by atoms with van der Waals surface area (Å²) in [6.45, 7) is 10.7. The van der Waals surface area contributed by atoms with Gasteiger partial charge in [0, 0.05) is 28.0 Å². The first kappa shape index (κ1) is 22.3. The maximum absolute atomic E-state index is 11.4. The number of benzene rings is 2. The van der Waals surface area contributed by atoms with Crippen molar-refractivity contribution in [3.8, 4) is 11.5 Å². The molecule has 0 fully saturated rings. The predicted octanol–water partition coefficient (Wildman–Crippen LogP) is 4.49. The molecule has 0 aromatic heterocycles. The van der Waals surface area contributed by atoms with Crippen molar-refractivity contribution in [1.29, 1.82) is 0 Å². The van der Waals surface area contributed by atoms with Gasteiger partial charge in [0.05, 0.1) is 5.02 Å². The summed E-state index contributed by atoms with van der Waals surface area (Å²) in [5, 5.41) is 1.89. The highest BCUT2D eigenvalue weighted by Gasteiger charge is 2.14. The van der Waals surface area contributed by atoms with Crippen LogP contribution >= 0.6 is 11.6 Å². The minimum atomic E-state index is -0.472. The summed E-state index contributed by atoms with van der Waals surface area (Å²) in [5.74, 6) is 0.0703. The summed E-state index contributed by atoms with van der Waals surface area (Å²) >= 11 is 6.38. The summed E-state index contributed by atoms with van der Waals surface area (Å²) in [6.07, 6.45) is 0. The molecule has 0 atom stereocenters. The fraction of sp³-hybridized carbons (Fsp3) is 0.273.